The predicted octanol–water partition coefficient (Wildman–Crippen LogP) is -0.208. The summed E-state index contributed by atoms with van der Waals surface area (Å²) in [5, 5.41) is 27.6. The minimum absolute atomic E-state index is 0.201. The van der Waals surface area contributed by atoms with E-state index in [1.54, 1.807) is 0 Å². The van der Waals surface area contributed by atoms with Crippen LogP contribution in [0.1, 0.15) is 6.42 Å². The Bertz CT molecular complexity index is 171. The lowest BCUT2D eigenvalue weighted by molar-refractivity contribution is -0.0583. The topological polar surface area (TPSA) is 60.7 Å². The molecular weight excluding hydrogens is 212 g/mol. The quantitative estimate of drug-likeness (QED) is 0.393. The van der Waals surface area contributed by atoms with Gasteiger partial charge in [-0.3, -0.25) is 0 Å². The fourth-order valence-corrected chi connectivity index (χ4v) is 1.86. The highest BCUT2D eigenvalue weighted by Gasteiger charge is 2.37. The lowest BCUT2D eigenvalue weighted by Crippen LogP contribution is -2.47. The third-order valence-electron chi connectivity index (χ3n) is 1.92. The second-order valence-corrected chi connectivity index (χ2v) is 3.98. The SMILES string of the molecule is C=C1CC(Br)C(O)C(O)C1O. The van der Waals surface area contributed by atoms with E-state index >= 15 is 0 Å². The number of aliphatic hydroxyl groups is 3. The summed E-state index contributed by atoms with van der Waals surface area (Å²) in [4.78, 5) is -0.201. The summed E-state index contributed by atoms with van der Waals surface area (Å²) < 4.78 is 0. The smallest absolute Gasteiger partial charge is 0.111 e. The maximum atomic E-state index is 9.24. The van der Waals surface area contributed by atoms with Gasteiger partial charge in [0.1, 0.15) is 12.2 Å². The first-order valence-corrected chi connectivity index (χ1v) is 4.31. The van der Waals surface area contributed by atoms with Crippen LogP contribution >= 0.6 is 15.9 Å². The standard InChI is InChI=1S/C7H11BrO3/c1-3-2-4(8)6(10)7(11)5(3)9/h4-7,9-11H,1-2H2. The van der Waals surface area contributed by atoms with Crippen LogP contribution in [0.5, 0.6) is 0 Å². The van der Waals surface area contributed by atoms with Crippen molar-refractivity contribution in [2.75, 3.05) is 0 Å². The third-order valence-corrected chi connectivity index (χ3v) is 2.78. The van der Waals surface area contributed by atoms with Crippen LogP contribution in [0.2, 0.25) is 0 Å². The number of halogens is 1. The molecule has 0 radical (unpaired) electrons. The molecule has 1 fully saturated rings. The molecule has 0 heterocycles. The molecule has 3 nitrogen and oxygen atoms in total. The van der Waals surface area contributed by atoms with Gasteiger partial charge in [0.25, 0.3) is 0 Å². The van der Waals surface area contributed by atoms with Crippen molar-refractivity contribution in [3.8, 4) is 0 Å². The van der Waals surface area contributed by atoms with Crippen molar-refractivity contribution in [1.82, 2.24) is 0 Å². The van der Waals surface area contributed by atoms with Gasteiger partial charge < -0.3 is 15.3 Å². The van der Waals surface area contributed by atoms with Gasteiger partial charge in [0, 0.05) is 4.83 Å². The Balaban J connectivity index is 2.70. The minimum atomic E-state index is -1.11. The predicted molar refractivity (Wildman–Crippen MR) is 44.5 cm³/mol. The average molecular weight is 223 g/mol. The third kappa shape index (κ3) is 1.64. The summed E-state index contributed by atoms with van der Waals surface area (Å²) in [5.41, 5.74) is 0.560. The molecule has 11 heavy (non-hydrogen) atoms. The zero-order valence-corrected chi connectivity index (χ0v) is 7.53. The Hall–Kier alpha value is 0.1000. The van der Waals surface area contributed by atoms with E-state index in [4.69, 9.17) is 0 Å². The van der Waals surface area contributed by atoms with E-state index in [-0.39, 0.29) is 4.83 Å². The van der Waals surface area contributed by atoms with Gasteiger partial charge in [0.05, 0.1) is 6.10 Å². The molecule has 1 aliphatic carbocycles. The molecule has 4 heteroatoms. The maximum Gasteiger partial charge on any atom is 0.111 e. The van der Waals surface area contributed by atoms with Crippen LogP contribution in [0.4, 0.5) is 0 Å². The second kappa shape index (κ2) is 3.23. The van der Waals surface area contributed by atoms with Crippen molar-refractivity contribution in [3.05, 3.63) is 12.2 Å². The van der Waals surface area contributed by atoms with Crippen LogP contribution in [0.3, 0.4) is 0 Å². The van der Waals surface area contributed by atoms with Crippen LogP contribution in [-0.2, 0) is 0 Å². The molecule has 1 saturated carbocycles. The monoisotopic (exact) mass is 222 g/mol. The van der Waals surface area contributed by atoms with Gasteiger partial charge in [0.2, 0.25) is 0 Å². The number of hydrogen-bond donors (Lipinski definition) is 3. The Morgan fingerprint density at radius 2 is 1.82 bits per heavy atom. The molecule has 4 atom stereocenters. The van der Waals surface area contributed by atoms with Crippen LogP contribution in [0.15, 0.2) is 12.2 Å². The number of alkyl halides is 1. The summed E-state index contributed by atoms with van der Waals surface area (Å²) in [5.74, 6) is 0. The molecular formula is C7H11BrO3. The molecule has 4 unspecified atom stereocenters. The molecule has 0 aromatic heterocycles. The Morgan fingerprint density at radius 3 is 2.36 bits per heavy atom. The lowest BCUT2D eigenvalue weighted by atomic mass is 9.88. The van der Waals surface area contributed by atoms with Crippen LogP contribution in [-0.4, -0.2) is 38.5 Å². The van der Waals surface area contributed by atoms with Crippen molar-refractivity contribution in [3.63, 3.8) is 0 Å². The van der Waals surface area contributed by atoms with Crippen LogP contribution in [0.25, 0.3) is 0 Å². The molecule has 1 rings (SSSR count). The molecule has 3 N–H and O–H groups in total. The van der Waals surface area contributed by atoms with E-state index in [1.807, 2.05) is 0 Å². The lowest BCUT2D eigenvalue weighted by Gasteiger charge is -2.33. The van der Waals surface area contributed by atoms with Gasteiger partial charge in [-0.05, 0) is 12.0 Å². The number of hydrogen-bond acceptors (Lipinski definition) is 3. The Labute approximate surface area is 73.5 Å². The van der Waals surface area contributed by atoms with Gasteiger partial charge in [-0.2, -0.15) is 0 Å². The molecule has 0 aliphatic heterocycles. The van der Waals surface area contributed by atoms with Crippen molar-refractivity contribution in [2.24, 2.45) is 0 Å². The van der Waals surface area contributed by atoms with Gasteiger partial charge in [-0.15, -0.1) is 0 Å². The summed E-state index contributed by atoms with van der Waals surface area (Å²) in [6, 6.07) is 0. The normalized spacial score (nSPS) is 46.0. The zero-order chi connectivity index (χ0) is 8.59. The average Bonchev–Trinajstić information content (AvgIpc) is 1.97. The fourth-order valence-electron chi connectivity index (χ4n) is 1.13. The first-order valence-electron chi connectivity index (χ1n) is 3.40. The van der Waals surface area contributed by atoms with Gasteiger partial charge >= 0.3 is 0 Å². The van der Waals surface area contributed by atoms with Crippen molar-refractivity contribution in [2.45, 2.75) is 29.6 Å². The molecule has 0 aromatic carbocycles. The molecule has 0 aromatic rings. The number of aliphatic hydroxyl groups excluding tert-OH is 3. The van der Waals surface area contributed by atoms with E-state index < -0.39 is 18.3 Å². The zero-order valence-electron chi connectivity index (χ0n) is 5.94. The summed E-state index contributed by atoms with van der Waals surface area (Å²) >= 11 is 3.18. The Kier molecular flexibility index (Phi) is 2.70. The summed E-state index contributed by atoms with van der Waals surface area (Å²) in [7, 11) is 0. The highest BCUT2D eigenvalue weighted by Crippen LogP contribution is 2.28. The minimum Gasteiger partial charge on any atom is -0.389 e. The van der Waals surface area contributed by atoms with Crippen molar-refractivity contribution >= 4 is 15.9 Å². The van der Waals surface area contributed by atoms with E-state index in [9.17, 15) is 15.3 Å². The molecule has 0 bridgehead atoms. The largest absolute Gasteiger partial charge is 0.389 e. The van der Waals surface area contributed by atoms with Gasteiger partial charge in [0.15, 0.2) is 0 Å². The summed E-state index contributed by atoms with van der Waals surface area (Å²) in [6.45, 7) is 3.58. The highest BCUT2D eigenvalue weighted by molar-refractivity contribution is 9.09. The van der Waals surface area contributed by atoms with Crippen LogP contribution < -0.4 is 0 Å². The van der Waals surface area contributed by atoms with E-state index in [0.29, 0.717) is 12.0 Å². The van der Waals surface area contributed by atoms with Crippen molar-refractivity contribution < 1.29 is 15.3 Å². The highest BCUT2D eigenvalue weighted by atomic mass is 79.9. The second-order valence-electron chi connectivity index (χ2n) is 2.80. The fraction of sp³-hybridized carbons (Fsp3) is 0.714. The molecule has 1 aliphatic rings. The van der Waals surface area contributed by atoms with Crippen molar-refractivity contribution in [1.29, 1.82) is 0 Å². The van der Waals surface area contributed by atoms with Crippen LogP contribution in [0, 0.1) is 0 Å². The van der Waals surface area contributed by atoms with Gasteiger partial charge in [-0.25, -0.2) is 0 Å². The maximum absolute atomic E-state index is 9.24. The molecule has 0 saturated heterocycles. The Morgan fingerprint density at radius 1 is 1.27 bits per heavy atom. The molecule has 0 amide bonds. The van der Waals surface area contributed by atoms with E-state index in [1.165, 1.54) is 0 Å². The van der Waals surface area contributed by atoms with E-state index in [2.05, 4.69) is 22.5 Å². The summed E-state index contributed by atoms with van der Waals surface area (Å²) in [6.07, 6.45) is -2.51. The first-order chi connectivity index (χ1) is 5.04. The van der Waals surface area contributed by atoms with E-state index in [0.717, 1.165) is 0 Å². The number of rotatable bonds is 0. The van der Waals surface area contributed by atoms with Gasteiger partial charge in [-0.1, -0.05) is 22.5 Å². The first kappa shape index (κ1) is 9.19. The molecule has 64 valence electrons. The molecule has 0 spiro atoms.